The Bertz CT molecular complexity index is 1320. The van der Waals surface area contributed by atoms with Crippen LogP contribution in [-0.2, 0) is 25.8 Å². The minimum absolute atomic E-state index is 0.0732. The molecule has 3 aliphatic rings. The maximum Gasteiger partial charge on any atom is 0.250 e. The maximum absolute atomic E-state index is 14.5. The number of likely N-dealkylation sites (N-methyl/N-ethyl adjacent to an activating group) is 1. The minimum Gasteiger partial charge on any atom is -0.394 e. The standard InChI is InChI=1S/C27H33BrN6O5/c1-5-11-31(4)24(36)20-21-25(37)34(16(3)14-35)23(27(21)13-17(28)22(20)39-27)26(38)32(12-6-2)15-33-19-10-8-7-9-18(19)29-30-33/h5-10,16-17,20-23,35H,1-2,11-15H2,3-4H3/t16-,17?,20-,21+,22-,23?,27?/m1/s1. The number of aromatic nitrogens is 3. The number of carbonyl (C=O) groups excluding carboxylic acids is 3. The number of amides is 3. The van der Waals surface area contributed by atoms with Crippen molar-refractivity contribution in [1.82, 2.24) is 29.7 Å². The molecule has 0 saturated carbocycles. The molecule has 12 heteroatoms. The number of halogens is 1. The van der Waals surface area contributed by atoms with Crippen LogP contribution >= 0.6 is 15.9 Å². The first-order valence-corrected chi connectivity index (χ1v) is 13.9. The van der Waals surface area contributed by atoms with Crippen molar-refractivity contribution < 1.29 is 24.2 Å². The van der Waals surface area contributed by atoms with E-state index in [1.165, 1.54) is 9.80 Å². The number of ether oxygens (including phenoxy) is 1. The third kappa shape index (κ3) is 4.20. The molecule has 39 heavy (non-hydrogen) atoms. The Morgan fingerprint density at radius 3 is 2.69 bits per heavy atom. The predicted molar refractivity (Wildman–Crippen MR) is 146 cm³/mol. The van der Waals surface area contributed by atoms with E-state index in [2.05, 4.69) is 39.4 Å². The van der Waals surface area contributed by atoms with Gasteiger partial charge in [0.25, 0.3) is 0 Å². The first-order chi connectivity index (χ1) is 18.7. The molecular formula is C27H33BrN6O5. The Morgan fingerprint density at radius 2 is 2.00 bits per heavy atom. The highest BCUT2D eigenvalue weighted by Crippen LogP contribution is 2.60. The molecule has 2 bridgehead atoms. The van der Waals surface area contributed by atoms with Crippen LogP contribution in [0.25, 0.3) is 11.0 Å². The number of para-hydroxylation sites is 1. The number of hydrogen-bond acceptors (Lipinski definition) is 7. The smallest absolute Gasteiger partial charge is 0.250 e. The summed E-state index contributed by atoms with van der Waals surface area (Å²) >= 11 is 3.68. The number of nitrogens with zero attached hydrogens (tertiary/aromatic N) is 6. The van der Waals surface area contributed by atoms with Gasteiger partial charge >= 0.3 is 0 Å². The molecule has 11 nitrogen and oxygen atoms in total. The lowest BCUT2D eigenvalue weighted by molar-refractivity contribution is -0.152. The number of hydrogen-bond donors (Lipinski definition) is 1. The molecule has 1 aromatic carbocycles. The van der Waals surface area contributed by atoms with Gasteiger partial charge in [-0.25, -0.2) is 4.68 Å². The molecule has 5 rings (SSSR count). The maximum atomic E-state index is 14.5. The van der Waals surface area contributed by atoms with Gasteiger partial charge in [-0.2, -0.15) is 0 Å². The van der Waals surface area contributed by atoms with Gasteiger partial charge in [0.05, 0.1) is 36.1 Å². The fourth-order valence-corrected chi connectivity index (χ4v) is 7.40. The molecule has 1 aromatic heterocycles. The van der Waals surface area contributed by atoms with Crippen LogP contribution in [0.4, 0.5) is 0 Å². The highest BCUT2D eigenvalue weighted by atomic mass is 79.9. The minimum atomic E-state index is -1.23. The zero-order valence-corrected chi connectivity index (χ0v) is 23.6. The number of aliphatic hydroxyl groups is 1. The highest BCUT2D eigenvalue weighted by Gasteiger charge is 2.77. The van der Waals surface area contributed by atoms with E-state index in [9.17, 15) is 19.5 Å². The summed E-state index contributed by atoms with van der Waals surface area (Å²) in [4.78, 5) is 46.4. The van der Waals surface area contributed by atoms with Crippen LogP contribution < -0.4 is 0 Å². The van der Waals surface area contributed by atoms with Gasteiger partial charge in [-0.15, -0.1) is 18.3 Å². The zero-order valence-electron chi connectivity index (χ0n) is 22.0. The van der Waals surface area contributed by atoms with Crippen LogP contribution in [0.5, 0.6) is 0 Å². The van der Waals surface area contributed by atoms with Gasteiger partial charge in [0.2, 0.25) is 17.7 Å². The second-order valence-electron chi connectivity index (χ2n) is 10.5. The van der Waals surface area contributed by atoms with Crippen molar-refractivity contribution in [2.45, 2.75) is 48.6 Å². The number of rotatable bonds is 10. The monoisotopic (exact) mass is 600 g/mol. The van der Waals surface area contributed by atoms with E-state index in [0.717, 1.165) is 5.52 Å². The van der Waals surface area contributed by atoms with Gasteiger partial charge in [0, 0.05) is 25.0 Å². The van der Waals surface area contributed by atoms with Gasteiger partial charge in [-0.1, -0.05) is 45.4 Å². The number of benzene rings is 1. The van der Waals surface area contributed by atoms with Crippen LogP contribution in [0.15, 0.2) is 49.6 Å². The second kappa shape index (κ2) is 10.5. The van der Waals surface area contributed by atoms with E-state index < -0.39 is 35.6 Å². The van der Waals surface area contributed by atoms with Gasteiger partial charge in [0.1, 0.15) is 23.8 Å². The van der Waals surface area contributed by atoms with Crippen molar-refractivity contribution in [1.29, 1.82) is 0 Å². The Hall–Kier alpha value is -3.09. The number of alkyl halides is 1. The largest absolute Gasteiger partial charge is 0.394 e. The summed E-state index contributed by atoms with van der Waals surface area (Å²) in [6.45, 7) is 9.47. The molecule has 2 aromatic rings. The molecule has 4 heterocycles. The Labute approximate surface area is 235 Å². The van der Waals surface area contributed by atoms with E-state index in [0.29, 0.717) is 18.5 Å². The van der Waals surface area contributed by atoms with Crippen LogP contribution in [0, 0.1) is 11.8 Å². The number of fused-ring (bicyclic) bond motifs is 2. The summed E-state index contributed by atoms with van der Waals surface area (Å²) in [5, 5.41) is 18.5. The summed E-state index contributed by atoms with van der Waals surface area (Å²) < 4.78 is 8.17. The van der Waals surface area contributed by atoms with Gasteiger partial charge in [-0.3, -0.25) is 14.4 Å². The number of likely N-dealkylation sites (tertiary alicyclic amines) is 1. The fourth-order valence-electron chi connectivity index (χ4n) is 6.46. The first kappa shape index (κ1) is 27.5. The average molecular weight is 602 g/mol. The lowest BCUT2D eigenvalue weighted by atomic mass is 9.70. The van der Waals surface area contributed by atoms with Crippen molar-refractivity contribution in [3.05, 3.63) is 49.6 Å². The Kier molecular flexibility index (Phi) is 7.38. The molecule has 3 fully saturated rings. The summed E-state index contributed by atoms with van der Waals surface area (Å²) in [6.07, 6.45) is 3.05. The SMILES string of the molecule is C=CCN(C)C(=O)[C@H]1[C@@H]2OC3(CC2Br)C(C(=O)N(CC=C)Cn2nnc4ccccc42)N([C@H](C)CO)C(=O)[C@H]13. The third-order valence-electron chi connectivity index (χ3n) is 8.15. The van der Waals surface area contributed by atoms with E-state index in [1.807, 2.05) is 24.3 Å². The molecule has 3 amide bonds. The average Bonchev–Trinajstić information content (AvgIpc) is 3.64. The summed E-state index contributed by atoms with van der Waals surface area (Å²) in [5.74, 6) is -2.56. The lowest BCUT2D eigenvalue weighted by Crippen LogP contribution is -2.58. The molecular weight excluding hydrogens is 568 g/mol. The lowest BCUT2D eigenvalue weighted by Gasteiger charge is -2.38. The van der Waals surface area contributed by atoms with E-state index in [-0.39, 0.29) is 42.4 Å². The molecule has 3 aliphatic heterocycles. The molecule has 208 valence electrons. The molecule has 0 aliphatic carbocycles. The van der Waals surface area contributed by atoms with Gasteiger partial charge in [-0.05, 0) is 25.5 Å². The molecule has 0 radical (unpaired) electrons. The van der Waals surface area contributed by atoms with E-state index in [4.69, 9.17) is 4.74 Å². The molecule has 1 N–H and O–H groups in total. The van der Waals surface area contributed by atoms with Crippen LogP contribution in [-0.4, -0.2) is 108 Å². The quantitative estimate of drug-likeness (QED) is 0.321. The molecule has 1 spiro atoms. The molecule has 7 atom stereocenters. The predicted octanol–water partition coefficient (Wildman–Crippen LogP) is 1.18. The van der Waals surface area contributed by atoms with Crippen molar-refractivity contribution in [3.63, 3.8) is 0 Å². The molecule has 3 saturated heterocycles. The highest BCUT2D eigenvalue weighted by molar-refractivity contribution is 9.09. The topological polar surface area (TPSA) is 121 Å². The van der Waals surface area contributed by atoms with Crippen molar-refractivity contribution in [2.75, 3.05) is 26.7 Å². The van der Waals surface area contributed by atoms with Crippen LogP contribution in [0.3, 0.4) is 0 Å². The van der Waals surface area contributed by atoms with E-state index >= 15 is 0 Å². The van der Waals surface area contributed by atoms with Gasteiger partial charge < -0.3 is 24.5 Å². The zero-order chi connectivity index (χ0) is 28.1. The first-order valence-electron chi connectivity index (χ1n) is 13.0. The van der Waals surface area contributed by atoms with Crippen molar-refractivity contribution >= 4 is 44.7 Å². The van der Waals surface area contributed by atoms with Crippen molar-refractivity contribution in [2.24, 2.45) is 11.8 Å². The number of carbonyl (C=O) groups is 3. The molecule has 3 unspecified atom stereocenters. The summed E-state index contributed by atoms with van der Waals surface area (Å²) in [5.41, 5.74) is 0.224. The Morgan fingerprint density at radius 1 is 1.28 bits per heavy atom. The summed E-state index contributed by atoms with van der Waals surface area (Å²) in [7, 11) is 1.66. The Balaban J connectivity index is 1.55. The van der Waals surface area contributed by atoms with Crippen LogP contribution in [0.2, 0.25) is 0 Å². The summed E-state index contributed by atoms with van der Waals surface area (Å²) in [6, 6.07) is 5.73. The van der Waals surface area contributed by atoms with Crippen molar-refractivity contribution in [3.8, 4) is 0 Å². The number of aliphatic hydroxyl groups excluding tert-OH is 1. The normalized spacial score (nSPS) is 29.9. The van der Waals surface area contributed by atoms with Crippen LogP contribution in [0.1, 0.15) is 13.3 Å². The van der Waals surface area contributed by atoms with E-state index in [1.54, 1.807) is 35.7 Å². The second-order valence-corrected chi connectivity index (χ2v) is 11.7. The third-order valence-corrected chi connectivity index (χ3v) is 9.00. The fraction of sp³-hybridized carbons (Fsp3) is 0.519. The van der Waals surface area contributed by atoms with Gasteiger partial charge in [0.15, 0.2) is 0 Å².